The molecule has 1 N–H and O–H groups in total. The van der Waals surface area contributed by atoms with Gasteiger partial charge in [-0.25, -0.2) is 4.39 Å². The van der Waals surface area contributed by atoms with E-state index in [4.69, 9.17) is 0 Å². The van der Waals surface area contributed by atoms with Crippen molar-refractivity contribution in [3.8, 4) is 0 Å². The lowest BCUT2D eigenvalue weighted by Crippen LogP contribution is -2.41. The van der Waals surface area contributed by atoms with Crippen molar-refractivity contribution in [3.63, 3.8) is 0 Å². The summed E-state index contributed by atoms with van der Waals surface area (Å²) in [6.07, 6.45) is 3.82. The Balaban J connectivity index is 1.85. The van der Waals surface area contributed by atoms with Gasteiger partial charge in [-0.3, -0.25) is 0 Å². The summed E-state index contributed by atoms with van der Waals surface area (Å²) in [5, 5.41) is 3.62. The van der Waals surface area contributed by atoms with Crippen LogP contribution < -0.4 is 5.32 Å². The van der Waals surface area contributed by atoms with Gasteiger partial charge in [0.15, 0.2) is 0 Å². The van der Waals surface area contributed by atoms with Gasteiger partial charge < -0.3 is 5.32 Å². The van der Waals surface area contributed by atoms with Crippen LogP contribution in [-0.2, 0) is 6.54 Å². The molecule has 2 heteroatoms. The second-order valence-corrected chi connectivity index (χ2v) is 6.50. The molecule has 0 radical (unpaired) electrons. The van der Waals surface area contributed by atoms with Crippen molar-refractivity contribution in [2.24, 2.45) is 11.3 Å². The molecule has 1 aromatic carbocycles. The Kier molecular flexibility index (Phi) is 4.06. The Hall–Kier alpha value is -0.890. The van der Waals surface area contributed by atoms with Gasteiger partial charge in [0.05, 0.1) is 0 Å². The average Bonchev–Trinajstić information content (AvgIpc) is 2.29. The topological polar surface area (TPSA) is 12.0 Å². The van der Waals surface area contributed by atoms with Crippen molar-refractivity contribution < 1.29 is 4.39 Å². The number of rotatable bonds is 3. The van der Waals surface area contributed by atoms with Crippen LogP contribution in [0.5, 0.6) is 0 Å². The molecule has 0 saturated heterocycles. The number of benzene rings is 1. The Morgan fingerprint density at radius 1 is 1.28 bits per heavy atom. The summed E-state index contributed by atoms with van der Waals surface area (Å²) in [5.41, 5.74) is 1.65. The fourth-order valence-corrected chi connectivity index (χ4v) is 3.10. The Labute approximate surface area is 110 Å². The fourth-order valence-electron chi connectivity index (χ4n) is 3.10. The van der Waals surface area contributed by atoms with Gasteiger partial charge in [0.2, 0.25) is 0 Å². The minimum absolute atomic E-state index is 0.161. The zero-order valence-corrected chi connectivity index (χ0v) is 11.7. The normalized spacial score (nSPS) is 27.1. The van der Waals surface area contributed by atoms with Gasteiger partial charge in [0.25, 0.3) is 0 Å². The highest BCUT2D eigenvalue weighted by atomic mass is 19.1. The lowest BCUT2D eigenvalue weighted by molar-refractivity contribution is 0.148. The molecule has 1 aromatic rings. The molecule has 1 aliphatic rings. The summed E-state index contributed by atoms with van der Waals surface area (Å²) in [6.45, 7) is 7.90. The minimum Gasteiger partial charge on any atom is -0.310 e. The first-order valence-corrected chi connectivity index (χ1v) is 6.94. The number of hydrogen-bond donors (Lipinski definition) is 1. The third-order valence-electron chi connectivity index (χ3n) is 4.18. The molecule has 2 unspecified atom stereocenters. The van der Waals surface area contributed by atoms with Crippen molar-refractivity contribution in [1.29, 1.82) is 0 Å². The van der Waals surface area contributed by atoms with E-state index in [0.29, 0.717) is 17.4 Å². The first-order valence-electron chi connectivity index (χ1n) is 6.94. The van der Waals surface area contributed by atoms with Gasteiger partial charge in [-0.15, -0.1) is 0 Å². The SMILES string of the molecule is CC1CC(C)(C)CCC1NCc1ccc(F)cc1. The van der Waals surface area contributed by atoms with Crippen LogP contribution in [0.15, 0.2) is 24.3 Å². The lowest BCUT2D eigenvalue weighted by atomic mass is 9.70. The van der Waals surface area contributed by atoms with Gasteiger partial charge >= 0.3 is 0 Å². The molecular weight excluding hydrogens is 225 g/mol. The van der Waals surface area contributed by atoms with E-state index in [2.05, 4.69) is 26.1 Å². The largest absolute Gasteiger partial charge is 0.310 e. The van der Waals surface area contributed by atoms with Gasteiger partial charge in [-0.1, -0.05) is 32.9 Å². The van der Waals surface area contributed by atoms with Crippen LogP contribution in [0.1, 0.15) is 45.6 Å². The Morgan fingerprint density at radius 3 is 2.56 bits per heavy atom. The van der Waals surface area contributed by atoms with E-state index in [0.717, 1.165) is 12.1 Å². The minimum atomic E-state index is -0.161. The lowest BCUT2D eigenvalue weighted by Gasteiger charge is -2.39. The highest BCUT2D eigenvalue weighted by Crippen LogP contribution is 2.38. The third kappa shape index (κ3) is 3.55. The standard InChI is InChI=1S/C16H24FN/c1-12-10-16(2,3)9-8-15(12)18-11-13-4-6-14(17)7-5-13/h4-7,12,15,18H,8-11H2,1-3H3. The molecule has 0 bridgehead atoms. The van der Waals surface area contributed by atoms with Crippen LogP contribution in [-0.4, -0.2) is 6.04 Å². The van der Waals surface area contributed by atoms with Crippen LogP contribution in [0.25, 0.3) is 0 Å². The molecule has 1 fully saturated rings. The molecule has 0 heterocycles. The van der Waals surface area contributed by atoms with E-state index in [-0.39, 0.29) is 5.82 Å². The monoisotopic (exact) mass is 249 g/mol. The van der Waals surface area contributed by atoms with Crippen molar-refractivity contribution in [2.45, 2.75) is 52.6 Å². The summed E-state index contributed by atoms with van der Waals surface area (Å²) in [7, 11) is 0. The zero-order chi connectivity index (χ0) is 13.2. The zero-order valence-electron chi connectivity index (χ0n) is 11.7. The Bertz CT molecular complexity index is 383. The maximum atomic E-state index is 12.8. The van der Waals surface area contributed by atoms with Crippen LogP contribution in [0.2, 0.25) is 0 Å². The van der Waals surface area contributed by atoms with Crippen molar-refractivity contribution in [1.82, 2.24) is 5.32 Å². The third-order valence-corrected chi connectivity index (χ3v) is 4.18. The van der Waals surface area contributed by atoms with Crippen molar-refractivity contribution >= 4 is 0 Å². The first-order chi connectivity index (χ1) is 8.46. The van der Waals surface area contributed by atoms with Crippen LogP contribution in [0.4, 0.5) is 4.39 Å². The van der Waals surface area contributed by atoms with E-state index in [9.17, 15) is 4.39 Å². The molecule has 0 aliphatic heterocycles. The summed E-state index contributed by atoms with van der Waals surface area (Å²) >= 11 is 0. The van der Waals surface area contributed by atoms with Crippen LogP contribution >= 0.6 is 0 Å². The van der Waals surface area contributed by atoms with E-state index < -0.39 is 0 Å². The summed E-state index contributed by atoms with van der Waals surface area (Å²) in [4.78, 5) is 0. The van der Waals surface area contributed by atoms with E-state index in [1.54, 1.807) is 0 Å². The highest BCUT2D eigenvalue weighted by molar-refractivity contribution is 5.15. The quantitative estimate of drug-likeness (QED) is 0.849. The molecule has 1 aliphatic carbocycles. The maximum absolute atomic E-state index is 12.8. The molecule has 1 saturated carbocycles. The van der Waals surface area contributed by atoms with Gasteiger partial charge in [0, 0.05) is 12.6 Å². The van der Waals surface area contributed by atoms with Gasteiger partial charge in [0.1, 0.15) is 5.82 Å². The van der Waals surface area contributed by atoms with Crippen LogP contribution in [0, 0.1) is 17.2 Å². The average molecular weight is 249 g/mol. The second kappa shape index (κ2) is 5.40. The molecule has 2 atom stereocenters. The predicted octanol–water partition coefficient (Wildman–Crippen LogP) is 4.13. The molecule has 0 amide bonds. The first kappa shape index (κ1) is 13.5. The summed E-state index contributed by atoms with van der Waals surface area (Å²) in [6, 6.07) is 7.39. The van der Waals surface area contributed by atoms with Gasteiger partial charge in [-0.05, 0) is 48.3 Å². The van der Waals surface area contributed by atoms with E-state index >= 15 is 0 Å². The molecule has 2 rings (SSSR count). The van der Waals surface area contributed by atoms with Gasteiger partial charge in [-0.2, -0.15) is 0 Å². The van der Waals surface area contributed by atoms with Crippen LogP contribution in [0.3, 0.4) is 0 Å². The summed E-state index contributed by atoms with van der Waals surface area (Å²) in [5.74, 6) is 0.556. The smallest absolute Gasteiger partial charge is 0.123 e. The van der Waals surface area contributed by atoms with Crippen molar-refractivity contribution in [3.05, 3.63) is 35.6 Å². The number of halogens is 1. The molecule has 0 spiro atoms. The predicted molar refractivity (Wildman–Crippen MR) is 73.8 cm³/mol. The maximum Gasteiger partial charge on any atom is 0.123 e. The second-order valence-electron chi connectivity index (χ2n) is 6.50. The number of nitrogens with one attached hydrogen (secondary N) is 1. The fraction of sp³-hybridized carbons (Fsp3) is 0.625. The van der Waals surface area contributed by atoms with Crippen molar-refractivity contribution in [2.75, 3.05) is 0 Å². The Morgan fingerprint density at radius 2 is 1.94 bits per heavy atom. The molecule has 100 valence electrons. The van der Waals surface area contributed by atoms with E-state index in [1.807, 2.05) is 12.1 Å². The highest BCUT2D eigenvalue weighted by Gasteiger charge is 2.31. The number of hydrogen-bond acceptors (Lipinski definition) is 1. The summed E-state index contributed by atoms with van der Waals surface area (Å²) < 4.78 is 12.8. The molecule has 1 nitrogen and oxygen atoms in total. The molecular formula is C16H24FN. The molecule has 0 aromatic heterocycles. The molecule has 18 heavy (non-hydrogen) atoms. The van der Waals surface area contributed by atoms with E-state index in [1.165, 1.54) is 31.4 Å².